The lowest BCUT2D eigenvalue weighted by atomic mass is 9.78. The number of nitrogens with two attached hydrogens (primary N) is 1. The van der Waals surface area contributed by atoms with Crippen molar-refractivity contribution in [3.63, 3.8) is 0 Å². The number of nitrogens with zero attached hydrogens (tertiary/aromatic N) is 1. The van der Waals surface area contributed by atoms with Crippen molar-refractivity contribution in [2.24, 2.45) is 5.73 Å². The summed E-state index contributed by atoms with van der Waals surface area (Å²) in [7, 11) is 0. The maximum absolute atomic E-state index is 14.7. The molecule has 18 heavy (non-hydrogen) atoms. The molecule has 1 aliphatic carbocycles. The molecule has 1 aliphatic rings. The molecule has 6 heteroatoms. The van der Waals surface area contributed by atoms with Gasteiger partial charge in [-0.15, -0.1) is 0 Å². The summed E-state index contributed by atoms with van der Waals surface area (Å²) in [5, 5.41) is 0. The van der Waals surface area contributed by atoms with Gasteiger partial charge in [0.15, 0.2) is 0 Å². The Morgan fingerprint density at radius 3 is 2.72 bits per heavy atom. The van der Waals surface area contributed by atoms with Crippen molar-refractivity contribution in [3.8, 4) is 0 Å². The number of pyridine rings is 1. The molecular weight excluding hydrogens is 248 g/mol. The topological polar surface area (TPSA) is 38.9 Å². The van der Waals surface area contributed by atoms with Crippen LogP contribution in [0.4, 0.5) is 17.6 Å². The second kappa shape index (κ2) is 4.50. The third-order valence-electron chi connectivity index (χ3n) is 3.34. The lowest BCUT2D eigenvalue weighted by Crippen LogP contribution is -2.37. The van der Waals surface area contributed by atoms with Crippen molar-refractivity contribution in [1.82, 2.24) is 4.98 Å². The van der Waals surface area contributed by atoms with E-state index in [1.165, 1.54) is 0 Å². The van der Waals surface area contributed by atoms with E-state index in [4.69, 9.17) is 5.73 Å². The van der Waals surface area contributed by atoms with Crippen LogP contribution in [0.1, 0.15) is 36.8 Å². The SMILES string of the molecule is NC1CCCC(F)(c2cnccc2C(F)(F)F)C1. The van der Waals surface area contributed by atoms with Crippen LogP contribution in [0, 0.1) is 0 Å². The molecule has 1 fully saturated rings. The molecule has 1 aromatic rings. The smallest absolute Gasteiger partial charge is 0.328 e. The number of hydrogen-bond acceptors (Lipinski definition) is 2. The third kappa shape index (κ3) is 2.48. The van der Waals surface area contributed by atoms with Gasteiger partial charge in [0.1, 0.15) is 5.67 Å². The van der Waals surface area contributed by atoms with Crippen molar-refractivity contribution < 1.29 is 17.6 Å². The Morgan fingerprint density at radius 1 is 1.39 bits per heavy atom. The predicted octanol–water partition coefficient (Wildman–Crippen LogP) is 3.17. The Bertz CT molecular complexity index is 432. The van der Waals surface area contributed by atoms with E-state index in [2.05, 4.69) is 4.98 Å². The molecule has 100 valence electrons. The molecule has 2 nitrogen and oxygen atoms in total. The molecule has 0 aromatic carbocycles. The van der Waals surface area contributed by atoms with Crippen LogP contribution in [0.2, 0.25) is 0 Å². The maximum atomic E-state index is 14.7. The molecule has 1 heterocycles. The molecule has 0 radical (unpaired) electrons. The van der Waals surface area contributed by atoms with E-state index in [0.29, 0.717) is 12.8 Å². The Balaban J connectivity index is 2.44. The number of alkyl halides is 4. The van der Waals surface area contributed by atoms with E-state index in [-0.39, 0.29) is 18.4 Å². The van der Waals surface area contributed by atoms with Gasteiger partial charge in [-0.05, 0) is 25.3 Å². The summed E-state index contributed by atoms with van der Waals surface area (Å²) in [6.07, 6.45) is -1.45. The fourth-order valence-electron chi connectivity index (χ4n) is 2.51. The largest absolute Gasteiger partial charge is 0.416 e. The first-order chi connectivity index (χ1) is 8.33. The summed E-state index contributed by atoms with van der Waals surface area (Å²) >= 11 is 0. The monoisotopic (exact) mass is 262 g/mol. The fraction of sp³-hybridized carbons (Fsp3) is 0.583. The van der Waals surface area contributed by atoms with E-state index in [1.54, 1.807) is 0 Å². The van der Waals surface area contributed by atoms with E-state index >= 15 is 0 Å². The molecule has 2 atom stereocenters. The molecule has 2 N–H and O–H groups in total. The van der Waals surface area contributed by atoms with E-state index in [0.717, 1.165) is 18.5 Å². The molecule has 1 saturated carbocycles. The summed E-state index contributed by atoms with van der Waals surface area (Å²) in [6, 6.07) is 0.418. The zero-order valence-corrected chi connectivity index (χ0v) is 9.67. The Morgan fingerprint density at radius 2 is 2.11 bits per heavy atom. The van der Waals surface area contributed by atoms with Crippen molar-refractivity contribution in [2.75, 3.05) is 0 Å². The van der Waals surface area contributed by atoms with Crippen LogP contribution >= 0.6 is 0 Å². The fourth-order valence-corrected chi connectivity index (χ4v) is 2.51. The molecule has 0 saturated heterocycles. The zero-order valence-electron chi connectivity index (χ0n) is 9.67. The third-order valence-corrected chi connectivity index (χ3v) is 3.34. The molecule has 1 aromatic heterocycles. The average Bonchev–Trinajstić information content (AvgIpc) is 2.27. The van der Waals surface area contributed by atoms with Crippen LogP contribution in [0.5, 0.6) is 0 Å². The van der Waals surface area contributed by atoms with Crippen LogP contribution < -0.4 is 5.73 Å². The highest BCUT2D eigenvalue weighted by molar-refractivity contribution is 5.32. The minimum Gasteiger partial charge on any atom is -0.328 e. The normalized spacial score (nSPS) is 29.3. The van der Waals surface area contributed by atoms with Gasteiger partial charge in [0.2, 0.25) is 0 Å². The molecule has 0 bridgehead atoms. The Kier molecular flexibility index (Phi) is 3.31. The van der Waals surface area contributed by atoms with Crippen molar-refractivity contribution in [2.45, 2.75) is 43.6 Å². The lowest BCUT2D eigenvalue weighted by Gasteiger charge is -2.34. The Hall–Kier alpha value is -1.17. The van der Waals surface area contributed by atoms with Crippen LogP contribution in [-0.2, 0) is 11.8 Å². The first-order valence-corrected chi connectivity index (χ1v) is 5.79. The van der Waals surface area contributed by atoms with Gasteiger partial charge in [-0.2, -0.15) is 13.2 Å². The first-order valence-electron chi connectivity index (χ1n) is 5.79. The van der Waals surface area contributed by atoms with Gasteiger partial charge in [-0.25, -0.2) is 4.39 Å². The maximum Gasteiger partial charge on any atom is 0.416 e. The molecule has 2 unspecified atom stereocenters. The van der Waals surface area contributed by atoms with E-state index < -0.39 is 23.5 Å². The predicted molar refractivity (Wildman–Crippen MR) is 58.5 cm³/mol. The summed E-state index contributed by atoms with van der Waals surface area (Å²) in [4.78, 5) is 3.62. The van der Waals surface area contributed by atoms with Gasteiger partial charge >= 0.3 is 6.18 Å². The van der Waals surface area contributed by atoms with Gasteiger partial charge in [0.25, 0.3) is 0 Å². The van der Waals surface area contributed by atoms with E-state index in [9.17, 15) is 17.6 Å². The van der Waals surface area contributed by atoms with Crippen molar-refractivity contribution in [1.29, 1.82) is 0 Å². The molecule has 0 spiro atoms. The second-order valence-electron chi connectivity index (χ2n) is 4.74. The standard InChI is InChI=1S/C12H14F4N2/c13-11(4-1-2-8(17)6-11)10-7-18-5-3-9(10)12(14,15)16/h3,5,7-8H,1-2,4,6,17H2. The molecule has 0 aliphatic heterocycles. The molecule has 2 rings (SSSR count). The molecular formula is C12H14F4N2. The summed E-state index contributed by atoms with van der Waals surface area (Å²) < 4.78 is 53.3. The van der Waals surface area contributed by atoms with Gasteiger partial charge in [-0.1, -0.05) is 0 Å². The summed E-state index contributed by atoms with van der Waals surface area (Å²) in [5.41, 5.74) is 2.32. The van der Waals surface area contributed by atoms with Gasteiger partial charge in [0, 0.05) is 30.4 Å². The van der Waals surface area contributed by atoms with Gasteiger partial charge < -0.3 is 5.73 Å². The van der Waals surface area contributed by atoms with Crippen molar-refractivity contribution >= 4 is 0 Å². The highest BCUT2D eigenvalue weighted by atomic mass is 19.4. The average molecular weight is 262 g/mol. The number of rotatable bonds is 1. The quantitative estimate of drug-likeness (QED) is 0.789. The minimum absolute atomic E-state index is 0.0650. The van der Waals surface area contributed by atoms with Crippen LogP contribution in [0.15, 0.2) is 18.5 Å². The van der Waals surface area contributed by atoms with Gasteiger partial charge in [0.05, 0.1) is 5.56 Å². The van der Waals surface area contributed by atoms with Crippen LogP contribution in [0.25, 0.3) is 0 Å². The number of aromatic nitrogens is 1. The van der Waals surface area contributed by atoms with Crippen LogP contribution in [0.3, 0.4) is 0 Å². The number of hydrogen-bond donors (Lipinski definition) is 1. The summed E-state index contributed by atoms with van der Waals surface area (Å²) in [5.74, 6) is 0. The number of halogens is 4. The zero-order chi connectivity index (χ0) is 13.4. The van der Waals surface area contributed by atoms with Crippen LogP contribution in [-0.4, -0.2) is 11.0 Å². The summed E-state index contributed by atoms with van der Waals surface area (Å²) in [6.45, 7) is 0. The van der Waals surface area contributed by atoms with Crippen molar-refractivity contribution in [3.05, 3.63) is 29.6 Å². The Labute approximate surface area is 102 Å². The van der Waals surface area contributed by atoms with E-state index in [1.807, 2.05) is 0 Å². The first kappa shape index (κ1) is 13.3. The second-order valence-corrected chi connectivity index (χ2v) is 4.74. The molecule has 0 amide bonds. The minimum atomic E-state index is -4.57. The highest BCUT2D eigenvalue weighted by Gasteiger charge is 2.44. The highest BCUT2D eigenvalue weighted by Crippen LogP contribution is 2.45. The van der Waals surface area contributed by atoms with Gasteiger partial charge in [-0.3, -0.25) is 4.98 Å². The lowest BCUT2D eigenvalue weighted by molar-refractivity contribution is -0.140.